The predicted octanol–water partition coefficient (Wildman–Crippen LogP) is 6.15. The molecule has 1 atom stereocenters. The fourth-order valence-electron chi connectivity index (χ4n) is 3.86. The fourth-order valence-corrected chi connectivity index (χ4v) is 5.60. The van der Waals surface area contributed by atoms with Crippen LogP contribution in [0, 0.1) is 24.1 Å². The molecule has 0 radical (unpaired) electrons. The quantitative estimate of drug-likeness (QED) is 0.378. The summed E-state index contributed by atoms with van der Waals surface area (Å²) in [6, 6.07) is 18.9. The van der Waals surface area contributed by atoms with E-state index in [-0.39, 0.29) is 17.4 Å². The first-order chi connectivity index (χ1) is 16.9. The molecule has 2 N–H and O–H groups in total. The molecule has 1 aromatic heterocycles. The van der Waals surface area contributed by atoms with Crippen molar-refractivity contribution in [3.63, 3.8) is 0 Å². The van der Waals surface area contributed by atoms with Gasteiger partial charge in [-0.05, 0) is 61.2 Å². The number of allylic oxidation sites excluding steroid dienone is 3. The summed E-state index contributed by atoms with van der Waals surface area (Å²) in [4.78, 5) is 26.9. The molecular formula is C27H22FN3O2S2. The highest BCUT2D eigenvalue weighted by Gasteiger charge is 2.35. The van der Waals surface area contributed by atoms with Gasteiger partial charge in [0, 0.05) is 27.4 Å². The zero-order valence-corrected chi connectivity index (χ0v) is 20.7. The summed E-state index contributed by atoms with van der Waals surface area (Å²) >= 11 is 2.67. The lowest BCUT2D eigenvalue weighted by molar-refractivity contribution is -0.113. The number of aryl methyl sites for hydroxylation is 1. The molecular weight excluding hydrogens is 481 g/mol. The highest BCUT2D eigenvalue weighted by Crippen LogP contribution is 2.43. The molecule has 2 aromatic carbocycles. The second kappa shape index (κ2) is 10.7. The Hall–Kier alpha value is -3.67. The fraction of sp³-hybridized carbons (Fsp3) is 0.148. The van der Waals surface area contributed by atoms with Crippen molar-refractivity contribution >= 4 is 40.5 Å². The number of benzene rings is 2. The molecule has 0 bridgehead atoms. The van der Waals surface area contributed by atoms with Crippen molar-refractivity contribution in [3.05, 3.63) is 110 Å². The first-order valence-corrected chi connectivity index (χ1v) is 12.7. The summed E-state index contributed by atoms with van der Waals surface area (Å²) in [6.45, 7) is 3.70. The van der Waals surface area contributed by atoms with Gasteiger partial charge in [-0.1, -0.05) is 36.0 Å². The van der Waals surface area contributed by atoms with Crippen molar-refractivity contribution in [1.29, 1.82) is 5.26 Å². The molecule has 0 saturated carbocycles. The van der Waals surface area contributed by atoms with Crippen molar-refractivity contribution in [1.82, 2.24) is 5.32 Å². The van der Waals surface area contributed by atoms with Gasteiger partial charge >= 0.3 is 0 Å². The van der Waals surface area contributed by atoms with Crippen LogP contribution in [0.5, 0.6) is 0 Å². The van der Waals surface area contributed by atoms with Crippen molar-refractivity contribution in [3.8, 4) is 6.07 Å². The Balaban J connectivity index is 1.63. The number of carbonyl (C=O) groups excluding carboxylic acids is 2. The number of rotatable bonds is 7. The third-order valence-corrected chi connectivity index (χ3v) is 7.55. The number of thioether (sulfide) groups is 1. The minimum absolute atomic E-state index is 0.0908. The molecule has 176 valence electrons. The van der Waals surface area contributed by atoms with Crippen molar-refractivity contribution in [2.24, 2.45) is 0 Å². The third-order valence-electron chi connectivity index (χ3n) is 5.59. The topological polar surface area (TPSA) is 82.0 Å². The second-order valence-electron chi connectivity index (χ2n) is 7.95. The molecule has 1 amide bonds. The van der Waals surface area contributed by atoms with Crippen LogP contribution in [0.25, 0.3) is 0 Å². The average molecular weight is 504 g/mol. The molecule has 1 aliphatic heterocycles. The van der Waals surface area contributed by atoms with Gasteiger partial charge in [0.05, 0.1) is 28.3 Å². The predicted molar refractivity (Wildman–Crippen MR) is 139 cm³/mol. The molecule has 1 aliphatic rings. The Kier molecular flexibility index (Phi) is 7.49. The summed E-state index contributed by atoms with van der Waals surface area (Å²) in [7, 11) is 0. The molecule has 0 fully saturated rings. The zero-order chi connectivity index (χ0) is 24.9. The number of halogens is 1. The van der Waals surface area contributed by atoms with Gasteiger partial charge in [0.25, 0.3) is 0 Å². The SMILES string of the molecule is CC1=C(C(=O)c2ccc(F)cc2)C(c2cccs2)C(C#N)=C(SCC(=O)Nc2ccccc2C)N1. The maximum absolute atomic E-state index is 13.5. The van der Waals surface area contributed by atoms with Gasteiger partial charge in [-0.2, -0.15) is 5.26 Å². The molecule has 0 aliphatic carbocycles. The number of amides is 1. The summed E-state index contributed by atoms with van der Waals surface area (Å²) in [5, 5.41) is 18.6. The molecule has 0 saturated heterocycles. The zero-order valence-electron chi connectivity index (χ0n) is 19.1. The number of ketones is 1. The number of thiophene rings is 1. The van der Waals surface area contributed by atoms with E-state index in [2.05, 4.69) is 16.7 Å². The molecule has 5 nitrogen and oxygen atoms in total. The highest BCUT2D eigenvalue weighted by molar-refractivity contribution is 8.03. The van der Waals surface area contributed by atoms with Gasteiger partial charge in [0.15, 0.2) is 5.78 Å². The van der Waals surface area contributed by atoms with Gasteiger partial charge in [0.2, 0.25) is 5.91 Å². The lowest BCUT2D eigenvalue weighted by Gasteiger charge is -2.29. The number of hydrogen-bond donors (Lipinski definition) is 2. The van der Waals surface area contributed by atoms with Crippen LogP contribution < -0.4 is 10.6 Å². The van der Waals surface area contributed by atoms with Crippen LogP contribution in [0.4, 0.5) is 10.1 Å². The highest BCUT2D eigenvalue weighted by atomic mass is 32.2. The van der Waals surface area contributed by atoms with Crippen LogP contribution >= 0.6 is 23.1 Å². The van der Waals surface area contributed by atoms with E-state index in [9.17, 15) is 19.2 Å². The number of carbonyl (C=O) groups is 2. The first kappa shape index (κ1) is 24.5. The number of dihydropyridines is 1. The summed E-state index contributed by atoms with van der Waals surface area (Å²) in [6.07, 6.45) is 0. The van der Waals surface area contributed by atoms with Crippen LogP contribution in [-0.4, -0.2) is 17.4 Å². The van der Waals surface area contributed by atoms with E-state index >= 15 is 0 Å². The Morgan fingerprint density at radius 1 is 1.11 bits per heavy atom. The number of nitrogens with zero attached hydrogens (tertiary/aromatic N) is 1. The van der Waals surface area contributed by atoms with E-state index in [1.54, 1.807) is 6.92 Å². The van der Waals surface area contributed by atoms with Gasteiger partial charge in [-0.15, -0.1) is 11.3 Å². The standard InChI is InChI=1S/C27H22FN3O2S2/c1-16-6-3-4-7-21(16)31-23(32)15-35-27-20(14-29)25(22-8-5-13-34-22)24(17(2)30-27)26(33)18-9-11-19(28)12-10-18/h3-13,25,30H,15H2,1-2H3,(H,31,32). The Morgan fingerprint density at radius 2 is 1.86 bits per heavy atom. The number of nitrogens with one attached hydrogen (secondary N) is 2. The number of Topliss-reactive ketones (excluding diaryl/α,β-unsaturated/α-hetero) is 1. The Labute approximate surface area is 211 Å². The molecule has 4 rings (SSSR count). The van der Waals surface area contributed by atoms with Gasteiger partial charge < -0.3 is 10.6 Å². The van der Waals surface area contributed by atoms with Crippen LogP contribution in [0.1, 0.15) is 33.6 Å². The number of hydrogen-bond acceptors (Lipinski definition) is 6. The first-order valence-electron chi connectivity index (χ1n) is 10.8. The van der Waals surface area contributed by atoms with Crippen LogP contribution in [-0.2, 0) is 4.79 Å². The smallest absolute Gasteiger partial charge is 0.234 e. The monoisotopic (exact) mass is 503 g/mol. The molecule has 2 heterocycles. The Bertz CT molecular complexity index is 1370. The summed E-state index contributed by atoms with van der Waals surface area (Å²) in [5.41, 5.74) is 3.44. The van der Waals surface area contributed by atoms with Crippen LogP contribution in [0.15, 0.2) is 87.9 Å². The summed E-state index contributed by atoms with van der Waals surface area (Å²) in [5.74, 6) is -1.39. The van der Waals surface area contributed by atoms with Crippen molar-refractivity contribution in [2.45, 2.75) is 19.8 Å². The van der Waals surface area contributed by atoms with E-state index in [0.29, 0.717) is 27.4 Å². The lowest BCUT2D eigenvalue weighted by atomic mass is 9.83. The summed E-state index contributed by atoms with van der Waals surface area (Å²) < 4.78 is 13.4. The van der Waals surface area contributed by atoms with Crippen LogP contribution in [0.2, 0.25) is 0 Å². The van der Waals surface area contributed by atoms with E-state index in [0.717, 1.165) is 16.1 Å². The molecule has 0 spiro atoms. The normalized spacial score (nSPS) is 15.4. The van der Waals surface area contributed by atoms with Crippen molar-refractivity contribution < 1.29 is 14.0 Å². The number of para-hydroxylation sites is 1. The Morgan fingerprint density at radius 3 is 2.51 bits per heavy atom. The molecule has 8 heteroatoms. The number of nitriles is 1. The number of anilines is 1. The third kappa shape index (κ3) is 5.37. The average Bonchev–Trinajstić information content (AvgIpc) is 3.38. The van der Waals surface area contributed by atoms with Gasteiger partial charge in [0.1, 0.15) is 5.82 Å². The van der Waals surface area contributed by atoms with Gasteiger partial charge in [-0.25, -0.2) is 4.39 Å². The van der Waals surface area contributed by atoms with E-state index in [1.807, 2.05) is 48.7 Å². The molecule has 1 unspecified atom stereocenters. The minimum atomic E-state index is -0.583. The van der Waals surface area contributed by atoms with E-state index in [1.165, 1.54) is 47.4 Å². The van der Waals surface area contributed by atoms with Crippen LogP contribution in [0.3, 0.4) is 0 Å². The second-order valence-corrected chi connectivity index (χ2v) is 9.92. The van der Waals surface area contributed by atoms with E-state index < -0.39 is 11.7 Å². The lowest BCUT2D eigenvalue weighted by Crippen LogP contribution is -2.28. The van der Waals surface area contributed by atoms with E-state index in [4.69, 9.17) is 0 Å². The maximum atomic E-state index is 13.5. The largest absolute Gasteiger partial charge is 0.353 e. The molecule has 35 heavy (non-hydrogen) atoms. The van der Waals surface area contributed by atoms with Crippen molar-refractivity contribution in [2.75, 3.05) is 11.1 Å². The van der Waals surface area contributed by atoms with Gasteiger partial charge in [-0.3, -0.25) is 9.59 Å². The minimum Gasteiger partial charge on any atom is -0.353 e. The molecule has 3 aromatic rings. The maximum Gasteiger partial charge on any atom is 0.234 e.